The van der Waals surface area contributed by atoms with Crippen molar-refractivity contribution in [2.24, 2.45) is 0 Å². The average molecular weight is 483 g/mol. The number of rotatable bonds is 5. The van der Waals surface area contributed by atoms with Gasteiger partial charge in [-0.1, -0.05) is 18.2 Å². The SMILES string of the molecule is CN1CCN(S(=O)(=O)c2cccc(NC(=O)c3ccc(-c4nc5ccccc5s4)o3)c2)CC1. The van der Waals surface area contributed by atoms with Gasteiger partial charge in [-0.05, 0) is 49.5 Å². The zero-order valence-corrected chi connectivity index (χ0v) is 19.5. The summed E-state index contributed by atoms with van der Waals surface area (Å²) >= 11 is 1.49. The van der Waals surface area contributed by atoms with Crippen molar-refractivity contribution in [1.29, 1.82) is 0 Å². The van der Waals surface area contributed by atoms with E-state index in [1.165, 1.54) is 21.7 Å². The Bertz CT molecular complexity index is 1390. The lowest BCUT2D eigenvalue weighted by atomic mass is 10.3. The number of amides is 1. The van der Waals surface area contributed by atoms with Crippen LogP contribution in [-0.2, 0) is 10.0 Å². The van der Waals surface area contributed by atoms with Crippen molar-refractivity contribution in [3.63, 3.8) is 0 Å². The van der Waals surface area contributed by atoms with Crippen LogP contribution in [0.15, 0.2) is 70.0 Å². The second kappa shape index (κ2) is 8.71. The van der Waals surface area contributed by atoms with Gasteiger partial charge in [-0.25, -0.2) is 13.4 Å². The summed E-state index contributed by atoms with van der Waals surface area (Å²) in [6.07, 6.45) is 0. The summed E-state index contributed by atoms with van der Waals surface area (Å²) in [4.78, 5) is 19.5. The molecule has 0 bridgehead atoms. The van der Waals surface area contributed by atoms with E-state index in [-0.39, 0.29) is 10.7 Å². The number of nitrogens with one attached hydrogen (secondary N) is 1. The fourth-order valence-electron chi connectivity index (χ4n) is 3.66. The van der Waals surface area contributed by atoms with E-state index < -0.39 is 15.9 Å². The van der Waals surface area contributed by atoms with Crippen molar-refractivity contribution in [3.8, 4) is 10.8 Å². The molecule has 2 aromatic heterocycles. The van der Waals surface area contributed by atoms with Gasteiger partial charge in [0.05, 0.1) is 15.1 Å². The lowest BCUT2D eigenvalue weighted by Gasteiger charge is -2.31. The van der Waals surface area contributed by atoms with E-state index in [4.69, 9.17) is 4.42 Å². The Balaban J connectivity index is 1.32. The van der Waals surface area contributed by atoms with Gasteiger partial charge in [0.1, 0.15) is 0 Å². The number of nitrogens with zero attached hydrogens (tertiary/aromatic N) is 3. The molecule has 0 saturated carbocycles. The summed E-state index contributed by atoms with van der Waals surface area (Å²) in [6.45, 7) is 2.25. The largest absolute Gasteiger partial charge is 0.448 e. The molecule has 2 aromatic carbocycles. The van der Waals surface area contributed by atoms with Crippen LogP contribution >= 0.6 is 11.3 Å². The fourth-order valence-corrected chi connectivity index (χ4v) is 6.05. The van der Waals surface area contributed by atoms with E-state index in [2.05, 4.69) is 15.2 Å². The van der Waals surface area contributed by atoms with Gasteiger partial charge in [-0.15, -0.1) is 11.3 Å². The number of thiazole rings is 1. The van der Waals surface area contributed by atoms with Crippen molar-refractivity contribution < 1.29 is 17.6 Å². The third kappa shape index (κ3) is 4.42. The Morgan fingerprint density at radius 3 is 2.61 bits per heavy atom. The van der Waals surface area contributed by atoms with Gasteiger partial charge in [0, 0.05) is 31.9 Å². The van der Waals surface area contributed by atoms with Crippen LogP contribution in [0.1, 0.15) is 10.6 Å². The Morgan fingerprint density at radius 2 is 1.82 bits per heavy atom. The first-order valence-corrected chi connectivity index (χ1v) is 12.7. The summed E-state index contributed by atoms with van der Waals surface area (Å²) in [5.74, 6) is 0.167. The van der Waals surface area contributed by atoms with Crippen LogP contribution in [0.3, 0.4) is 0 Å². The molecule has 8 nitrogen and oxygen atoms in total. The first-order chi connectivity index (χ1) is 15.9. The Kier molecular flexibility index (Phi) is 5.75. The molecule has 1 N–H and O–H groups in total. The number of benzene rings is 2. The van der Waals surface area contributed by atoms with Crippen LogP contribution < -0.4 is 5.32 Å². The minimum absolute atomic E-state index is 0.122. The summed E-state index contributed by atoms with van der Waals surface area (Å²) in [7, 11) is -1.66. The van der Waals surface area contributed by atoms with Crippen molar-refractivity contribution >= 4 is 43.2 Å². The van der Waals surface area contributed by atoms with E-state index in [0.717, 1.165) is 10.2 Å². The van der Waals surface area contributed by atoms with E-state index in [1.807, 2.05) is 31.3 Å². The number of anilines is 1. The van der Waals surface area contributed by atoms with Gasteiger partial charge < -0.3 is 14.6 Å². The molecule has 5 rings (SSSR count). The molecule has 0 radical (unpaired) electrons. The highest BCUT2D eigenvalue weighted by molar-refractivity contribution is 7.89. The number of carbonyl (C=O) groups is 1. The highest BCUT2D eigenvalue weighted by Gasteiger charge is 2.27. The van der Waals surface area contributed by atoms with Crippen molar-refractivity contribution in [2.75, 3.05) is 38.5 Å². The van der Waals surface area contributed by atoms with Crippen molar-refractivity contribution in [2.45, 2.75) is 4.90 Å². The van der Waals surface area contributed by atoms with Crippen molar-refractivity contribution in [3.05, 3.63) is 66.4 Å². The normalized spacial score (nSPS) is 15.7. The van der Waals surface area contributed by atoms with E-state index in [0.29, 0.717) is 42.6 Å². The van der Waals surface area contributed by atoms with Crippen LogP contribution in [0.25, 0.3) is 21.0 Å². The Morgan fingerprint density at radius 1 is 1.03 bits per heavy atom. The first-order valence-electron chi connectivity index (χ1n) is 10.5. The third-order valence-corrected chi connectivity index (χ3v) is 8.47. The first kappa shape index (κ1) is 21.8. The maximum atomic E-state index is 13.0. The summed E-state index contributed by atoms with van der Waals surface area (Å²) in [5.41, 5.74) is 1.26. The smallest absolute Gasteiger partial charge is 0.291 e. The summed E-state index contributed by atoms with van der Waals surface area (Å²) < 4.78 is 34.3. The van der Waals surface area contributed by atoms with E-state index in [1.54, 1.807) is 30.3 Å². The molecular formula is C23H22N4O4S2. The van der Waals surface area contributed by atoms with Crippen LogP contribution in [0, 0.1) is 0 Å². The van der Waals surface area contributed by atoms with Gasteiger partial charge in [0.15, 0.2) is 16.5 Å². The molecule has 10 heteroatoms. The quantitative estimate of drug-likeness (QED) is 0.466. The molecule has 1 amide bonds. The second-order valence-electron chi connectivity index (χ2n) is 7.84. The number of fused-ring (bicyclic) bond motifs is 1. The number of likely N-dealkylation sites (N-methyl/N-ethyl adjacent to an activating group) is 1. The molecule has 3 heterocycles. The third-order valence-electron chi connectivity index (χ3n) is 5.53. The summed E-state index contributed by atoms with van der Waals surface area (Å²) in [6, 6.07) is 17.4. The predicted molar refractivity (Wildman–Crippen MR) is 128 cm³/mol. The maximum absolute atomic E-state index is 13.0. The molecule has 1 saturated heterocycles. The molecule has 4 aromatic rings. The zero-order chi connectivity index (χ0) is 23.0. The Hall–Kier alpha value is -3.05. The Labute approximate surface area is 195 Å². The average Bonchev–Trinajstić information content (AvgIpc) is 3.47. The summed E-state index contributed by atoms with van der Waals surface area (Å²) in [5, 5.41) is 3.42. The maximum Gasteiger partial charge on any atom is 0.291 e. The number of carbonyl (C=O) groups excluding carboxylic acids is 1. The number of sulfonamides is 1. The van der Waals surface area contributed by atoms with E-state index in [9.17, 15) is 13.2 Å². The monoisotopic (exact) mass is 482 g/mol. The lowest BCUT2D eigenvalue weighted by Crippen LogP contribution is -2.47. The molecule has 0 aliphatic carbocycles. The minimum atomic E-state index is -3.63. The molecule has 0 atom stereocenters. The number of furan rings is 1. The number of hydrogen-bond donors (Lipinski definition) is 1. The predicted octanol–water partition coefficient (Wildman–Crippen LogP) is 3.74. The molecule has 0 spiro atoms. The van der Waals surface area contributed by atoms with Gasteiger partial charge >= 0.3 is 0 Å². The van der Waals surface area contributed by atoms with Crippen molar-refractivity contribution in [1.82, 2.24) is 14.2 Å². The van der Waals surface area contributed by atoms with Crippen LogP contribution in [0.4, 0.5) is 5.69 Å². The van der Waals surface area contributed by atoms with Gasteiger partial charge in [-0.3, -0.25) is 4.79 Å². The topological polar surface area (TPSA) is 95.8 Å². The van der Waals surface area contributed by atoms with Gasteiger partial charge in [-0.2, -0.15) is 4.31 Å². The number of hydrogen-bond acceptors (Lipinski definition) is 7. The standard InChI is InChI=1S/C23H22N4O4S2/c1-26-11-13-27(14-12-26)33(29,30)17-6-4-5-16(15-17)24-22(28)19-9-10-20(31-19)23-25-18-7-2-3-8-21(18)32-23/h2-10,15H,11-14H2,1H3,(H,24,28). The molecule has 1 fully saturated rings. The molecule has 0 unspecified atom stereocenters. The highest BCUT2D eigenvalue weighted by Crippen LogP contribution is 2.31. The zero-order valence-electron chi connectivity index (χ0n) is 17.9. The highest BCUT2D eigenvalue weighted by atomic mass is 32.2. The van der Waals surface area contributed by atoms with Gasteiger partial charge in [0.25, 0.3) is 5.91 Å². The van der Waals surface area contributed by atoms with E-state index >= 15 is 0 Å². The molecule has 1 aliphatic rings. The molecular weight excluding hydrogens is 460 g/mol. The fraction of sp³-hybridized carbons (Fsp3) is 0.217. The molecule has 1 aliphatic heterocycles. The second-order valence-corrected chi connectivity index (χ2v) is 10.8. The number of piperazine rings is 1. The number of aromatic nitrogens is 1. The van der Waals surface area contributed by atoms with Crippen LogP contribution in [0.2, 0.25) is 0 Å². The molecule has 33 heavy (non-hydrogen) atoms. The lowest BCUT2D eigenvalue weighted by molar-refractivity contribution is 0.0997. The molecule has 170 valence electrons. The minimum Gasteiger partial charge on any atom is -0.448 e. The van der Waals surface area contributed by atoms with Crippen LogP contribution in [-0.4, -0.2) is 61.7 Å². The number of para-hydroxylation sites is 1. The van der Waals surface area contributed by atoms with Crippen LogP contribution in [0.5, 0.6) is 0 Å². The van der Waals surface area contributed by atoms with Gasteiger partial charge in [0.2, 0.25) is 10.0 Å².